The van der Waals surface area contributed by atoms with E-state index in [-0.39, 0.29) is 17.6 Å². The largest absolute Gasteiger partial charge is 0.348 e. The molecule has 1 amide bonds. The second-order valence-electron chi connectivity index (χ2n) is 4.54. The Labute approximate surface area is 111 Å². The van der Waals surface area contributed by atoms with Crippen LogP contribution in [0.5, 0.6) is 0 Å². The summed E-state index contributed by atoms with van der Waals surface area (Å²) < 4.78 is 4.51. The Morgan fingerprint density at radius 3 is 2.84 bits per heavy atom. The first-order valence-corrected chi connectivity index (χ1v) is 6.08. The Hall–Kier alpha value is -2.24. The normalized spacial score (nSPS) is 12.2. The second-order valence-corrected chi connectivity index (χ2v) is 4.54. The second kappa shape index (κ2) is 5.60. The highest BCUT2D eigenvalue weighted by Crippen LogP contribution is 2.07. The smallest absolute Gasteiger partial charge is 0.275 e. The molecule has 1 atom stereocenters. The average Bonchev–Trinajstić information content (AvgIpc) is 2.78. The fourth-order valence-electron chi connectivity index (χ4n) is 1.80. The first kappa shape index (κ1) is 13.2. The van der Waals surface area contributed by atoms with E-state index in [9.17, 15) is 4.79 Å². The number of rotatable bonds is 4. The molecule has 0 fully saturated rings. The zero-order valence-electron chi connectivity index (χ0n) is 11.2. The monoisotopic (exact) mass is 260 g/mol. The molecule has 0 aliphatic heterocycles. The molecule has 0 aromatic carbocycles. The van der Waals surface area contributed by atoms with E-state index >= 15 is 0 Å². The summed E-state index contributed by atoms with van der Waals surface area (Å²) in [5.41, 5.74) is 2.80. The van der Waals surface area contributed by atoms with Crippen molar-refractivity contribution < 1.29 is 9.42 Å². The number of amides is 1. The molecule has 6 heteroatoms. The molecule has 1 N–H and O–H groups in total. The number of hydrogen-bond acceptors (Lipinski definition) is 5. The Morgan fingerprint density at radius 2 is 2.21 bits per heavy atom. The average molecular weight is 260 g/mol. The molecule has 2 rings (SSSR count). The van der Waals surface area contributed by atoms with Crippen molar-refractivity contribution in [2.75, 3.05) is 0 Å². The first-order chi connectivity index (χ1) is 9.08. The van der Waals surface area contributed by atoms with Crippen LogP contribution in [0.1, 0.15) is 34.4 Å². The summed E-state index contributed by atoms with van der Waals surface area (Å²) in [7, 11) is 0. The Morgan fingerprint density at radius 1 is 1.42 bits per heavy atom. The van der Waals surface area contributed by atoms with Crippen LogP contribution in [0, 0.1) is 13.8 Å². The molecule has 2 aromatic rings. The van der Waals surface area contributed by atoms with Crippen molar-refractivity contribution in [3.05, 3.63) is 41.0 Å². The highest BCUT2D eigenvalue weighted by Gasteiger charge is 2.17. The van der Waals surface area contributed by atoms with Gasteiger partial charge >= 0.3 is 0 Å². The number of nitrogens with one attached hydrogen (secondary N) is 1. The molecule has 0 spiro atoms. The quantitative estimate of drug-likeness (QED) is 0.899. The SMILES string of the molecule is Cc1cccnc1C[C@@H](C)NC(=O)c1nonc1C. The Balaban J connectivity index is 1.99. The number of pyridine rings is 1. The van der Waals surface area contributed by atoms with E-state index in [0.717, 1.165) is 11.3 Å². The summed E-state index contributed by atoms with van der Waals surface area (Å²) in [5.74, 6) is -0.278. The summed E-state index contributed by atoms with van der Waals surface area (Å²) in [6.07, 6.45) is 2.42. The third-order valence-electron chi connectivity index (χ3n) is 2.86. The lowest BCUT2D eigenvalue weighted by atomic mass is 10.1. The van der Waals surface area contributed by atoms with Crippen LogP contribution in [0.2, 0.25) is 0 Å². The van der Waals surface area contributed by atoms with E-state index < -0.39 is 0 Å². The molecule has 100 valence electrons. The van der Waals surface area contributed by atoms with Crippen LogP contribution in [-0.2, 0) is 6.42 Å². The van der Waals surface area contributed by atoms with Crippen molar-refractivity contribution in [3.8, 4) is 0 Å². The molecular formula is C13H16N4O2. The van der Waals surface area contributed by atoms with Gasteiger partial charge in [0, 0.05) is 24.4 Å². The van der Waals surface area contributed by atoms with Crippen LogP contribution in [0.3, 0.4) is 0 Å². The van der Waals surface area contributed by atoms with E-state index in [0.29, 0.717) is 12.1 Å². The third kappa shape index (κ3) is 3.15. The van der Waals surface area contributed by atoms with Gasteiger partial charge in [-0.25, -0.2) is 4.63 Å². The van der Waals surface area contributed by atoms with Crippen LogP contribution in [-0.4, -0.2) is 27.2 Å². The van der Waals surface area contributed by atoms with Crippen molar-refractivity contribution in [1.29, 1.82) is 0 Å². The van der Waals surface area contributed by atoms with Crippen LogP contribution in [0.15, 0.2) is 23.0 Å². The molecule has 0 unspecified atom stereocenters. The molecule has 2 heterocycles. The Bertz CT molecular complexity index is 580. The summed E-state index contributed by atoms with van der Waals surface area (Å²) in [6, 6.07) is 3.85. The van der Waals surface area contributed by atoms with E-state index in [1.54, 1.807) is 13.1 Å². The van der Waals surface area contributed by atoms with Gasteiger partial charge < -0.3 is 5.32 Å². The zero-order valence-corrected chi connectivity index (χ0v) is 11.2. The van der Waals surface area contributed by atoms with Gasteiger partial charge in [0.15, 0.2) is 5.69 Å². The van der Waals surface area contributed by atoms with Crippen molar-refractivity contribution in [2.24, 2.45) is 0 Å². The van der Waals surface area contributed by atoms with E-state index in [2.05, 4.69) is 25.2 Å². The Kier molecular flexibility index (Phi) is 3.89. The fraction of sp³-hybridized carbons (Fsp3) is 0.385. The lowest BCUT2D eigenvalue weighted by molar-refractivity contribution is 0.0929. The molecule has 19 heavy (non-hydrogen) atoms. The van der Waals surface area contributed by atoms with E-state index in [1.807, 2.05) is 26.0 Å². The van der Waals surface area contributed by atoms with Crippen LogP contribution >= 0.6 is 0 Å². The fourth-order valence-corrected chi connectivity index (χ4v) is 1.80. The summed E-state index contributed by atoms with van der Waals surface area (Å²) in [5, 5.41) is 10.0. The summed E-state index contributed by atoms with van der Waals surface area (Å²) >= 11 is 0. The number of aromatic nitrogens is 3. The highest BCUT2D eigenvalue weighted by atomic mass is 16.6. The van der Waals surface area contributed by atoms with E-state index in [1.165, 1.54) is 0 Å². The van der Waals surface area contributed by atoms with Gasteiger partial charge in [-0.05, 0) is 37.6 Å². The number of nitrogens with zero attached hydrogens (tertiary/aromatic N) is 3. The maximum atomic E-state index is 11.9. The van der Waals surface area contributed by atoms with Gasteiger partial charge in [-0.3, -0.25) is 9.78 Å². The van der Waals surface area contributed by atoms with Crippen molar-refractivity contribution in [1.82, 2.24) is 20.6 Å². The van der Waals surface area contributed by atoms with Crippen molar-refractivity contribution >= 4 is 5.91 Å². The number of hydrogen-bond donors (Lipinski definition) is 1. The first-order valence-electron chi connectivity index (χ1n) is 6.08. The van der Waals surface area contributed by atoms with Gasteiger partial charge in [0.05, 0.1) is 0 Å². The molecule has 0 aliphatic rings. The maximum absolute atomic E-state index is 11.9. The topological polar surface area (TPSA) is 80.9 Å². The van der Waals surface area contributed by atoms with Gasteiger partial charge in [-0.15, -0.1) is 0 Å². The van der Waals surface area contributed by atoms with Crippen LogP contribution < -0.4 is 5.32 Å². The lowest BCUT2D eigenvalue weighted by Gasteiger charge is -2.13. The number of carbonyl (C=O) groups excluding carboxylic acids is 1. The molecule has 0 saturated carbocycles. The molecule has 0 bridgehead atoms. The molecule has 0 saturated heterocycles. The third-order valence-corrected chi connectivity index (χ3v) is 2.86. The number of aryl methyl sites for hydroxylation is 2. The minimum atomic E-state index is -0.278. The van der Waals surface area contributed by atoms with Gasteiger partial charge in [0.25, 0.3) is 5.91 Å². The number of carbonyl (C=O) groups is 1. The van der Waals surface area contributed by atoms with Gasteiger partial charge in [0.1, 0.15) is 5.69 Å². The molecule has 2 aromatic heterocycles. The summed E-state index contributed by atoms with van der Waals surface area (Å²) in [4.78, 5) is 16.2. The van der Waals surface area contributed by atoms with Gasteiger partial charge in [-0.2, -0.15) is 0 Å². The minimum Gasteiger partial charge on any atom is -0.348 e. The predicted octanol–water partition coefficient (Wildman–Crippen LogP) is 1.44. The standard InChI is InChI=1S/C13H16N4O2/c1-8-5-4-6-14-11(8)7-9(2)15-13(18)12-10(3)16-19-17-12/h4-6,9H,7H2,1-3H3,(H,15,18)/t9-/m1/s1. The molecular weight excluding hydrogens is 244 g/mol. The summed E-state index contributed by atoms with van der Waals surface area (Å²) in [6.45, 7) is 5.61. The maximum Gasteiger partial charge on any atom is 0.275 e. The van der Waals surface area contributed by atoms with E-state index in [4.69, 9.17) is 0 Å². The minimum absolute atomic E-state index is 0.0443. The van der Waals surface area contributed by atoms with Gasteiger partial charge in [0.2, 0.25) is 0 Å². The van der Waals surface area contributed by atoms with Crippen LogP contribution in [0.25, 0.3) is 0 Å². The zero-order chi connectivity index (χ0) is 13.8. The molecule has 0 aliphatic carbocycles. The van der Waals surface area contributed by atoms with Crippen molar-refractivity contribution in [2.45, 2.75) is 33.2 Å². The highest BCUT2D eigenvalue weighted by molar-refractivity contribution is 5.93. The lowest BCUT2D eigenvalue weighted by Crippen LogP contribution is -2.35. The van der Waals surface area contributed by atoms with Crippen molar-refractivity contribution in [3.63, 3.8) is 0 Å². The van der Waals surface area contributed by atoms with Crippen LogP contribution in [0.4, 0.5) is 0 Å². The predicted molar refractivity (Wildman–Crippen MR) is 68.6 cm³/mol. The molecule has 6 nitrogen and oxygen atoms in total. The molecule has 0 radical (unpaired) electrons. The van der Waals surface area contributed by atoms with Gasteiger partial charge in [-0.1, -0.05) is 11.2 Å².